The van der Waals surface area contributed by atoms with Gasteiger partial charge in [-0.15, -0.1) is 0 Å². The number of allylic oxidation sites excluding steroid dienone is 1. The molecule has 3 nitrogen and oxygen atoms in total. The number of rotatable bonds is 6. The minimum atomic E-state index is 0.211. The van der Waals surface area contributed by atoms with E-state index in [2.05, 4.69) is 24.4 Å². The molecule has 1 aromatic rings. The van der Waals surface area contributed by atoms with Crippen LogP contribution in [0, 0.1) is 0 Å². The first kappa shape index (κ1) is 13.9. The maximum Gasteiger partial charge on any atom is 0.124 e. The van der Waals surface area contributed by atoms with Crippen LogP contribution in [0.3, 0.4) is 0 Å². The Labute approximate surface area is 115 Å². The highest BCUT2D eigenvalue weighted by Crippen LogP contribution is 2.27. The van der Waals surface area contributed by atoms with Crippen molar-refractivity contribution >= 4 is 0 Å². The Morgan fingerprint density at radius 2 is 2.26 bits per heavy atom. The summed E-state index contributed by atoms with van der Waals surface area (Å²) < 4.78 is 11.4. The van der Waals surface area contributed by atoms with Gasteiger partial charge in [0.2, 0.25) is 0 Å². The van der Waals surface area contributed by atoms with Gasteiger partial charge in [-0.2, -0.15) is 0 Å². The van der Waals surface area contributed by atoms with Crippen LogP contribution in [0.15, 0.2) is 30.4 Å². The van der Waals surface area contributed by atoms with E-state index in [9.17, 15) is 0 Å². The topological polar surface area (TPSA) is 30.5 Å². The van der Waals surface area contributed by atoms with Crippen LogP contribution in [0.2, 0.25) is 0 Å². The van der Waals surface area contributed by atoms with E-state index in [1.807, 2.05) is 18.2 Å². The molecule has 0 radical (unpaired) electrons. The molecular weight excluding hydrogens is 238 g/mol. The van der Waals surface area contributed by atoms with Gasteiger partial charge in [0.15, 0.2) is 0 Å². The van der Waals surface area contributed by atoms with Gasteiger partial charge in [0.05, 0.1) is 7.11 Å². The van der Waals surface area contributed by atoms with E-state index in [1.165, 1.54) is 12.8 Å². The summed E-state index contributed by atoms with van der Waals surface area (Å²) in [5.41, 5.74) is 1.15. The second-order valence-corrected chi connectivity index (χ2v) is 4.77. The predicted molar refractivity (Wildman–Crippen MR) is 77.8 cm³/mol. The zero-order valence-corrected chi connectivity index (χ0v) is 11.8. The van der Waals surface area contributed by atoms with Crippen LogP contribution < -0.4 is 14.8 Å². The fourth-order valence-electron chi connectivity index (χ4n) is 2.24. The minimum absolute atomic E-state index is 0.211. The van der Waals surface area contributed by atoms with Crippen molar-refractivity contribution in [2.24, 2.45) is 0 Å². The third-order valence-electron chi connectivity index (χ3n) is 3.32. The summed E-state index contributed by atoms with van der Waals surface area (Å²) in [4.78, 5) is 0. The molecule has 1 aliphatic rings. The molecule has 0 aromatic heterocycles. The maximum absolute atomic E-state index is 6.10. The number of hydrogen-bond acceptors (Lipinski definition) is 3. The fraction of sp³-hybridized carbons (Fsp3) is 0.500. The van der Waals surface area contributed by atoms with Crippen molar-refractivity contribution in [1.82, 2.24) is 5.32 Å². The number of nitrogens with one attached hydrogen (secondary N) is 1. The molecule has 1 N–H and O–H groups in total. The van der Waals surface area contributed by atoms with Gasteiger partial charge < -0.3 is 14.8 Å². The molecule has 0 amide bonds. The maximum atomic E-state index is 6.10. The summed E-state index contributed by atoms with van der Waals surface area (Å²) in [7, 11) is 1.69. The summed E-state index contributed by atoms with van der Waals surface area (Å²) in [6.45, 7) is 3.85. The van der Waals surface area contributed by atoms with E-state index in [0.717, 1.165) is 36.6 Å². The molecule has 2 rings (SSSR count). The lowest BCUT2D eigenvalue weighted by Crippen LogP contribution is -2.18. The molecule has 3 heteroatoms. The third kappa shape index (κ3) is 4.00. The van der Waals surface area contributed by atoms with E-state index >= 15 is 0 Å². The van der Waals surface area contributed by atoms with E-state index in [1.54, 1.807) is 7.11 Å². The molecule has 1 atom stereocenters. The Morgan fingerprint density at radius 1 is 1.37 bits per heavy atom. The lowest BCUT2D eigenvalue weighted by molar-refractivity contribution is 0.227. The molecule has 0 aliphatic heterocycles. The largest absolute Gasteiger partial charge is 0.497 e. The van der Waals surface area contributed by atoms with Crippen molar-refractivity contribution in [3.05, 3.63) is 35.9 Å². The summed E-state index contributed by atoms with van der Waals surface area (Å²) in [6.07, 6.45) is 8.07. The van der Waals surface area contributed by atoms with E-state index in [-0.39, 0.29) is 6.10 Å². The third-order valence-corrected chi connectivity index (χ3v) is 3.32. The Balaban J connectivity index is 2.12. The Bertz CT molecular complexity index is 429. The van der Waals surface area contributed by atoms with Crippen LogP contribution in [0.1, 0.15) is 31.7 Å². The van der Waals surface area contributed by atoms with Crippen LogP contribution in [-0.2, 0) is 6.54 Å². The van der Waals surface area contributed by atoms with Crippen molar-refractivity contribution in [3.63, 3.8) is 0 Å². The molecule has 1 unspecified atom stereocenters. The molecule has 0 spiro atoms. The van der Waals surface area contributed by atoms with E-state index < -0.39 is 0 Å². The lowest BCUT2D eigenvalue weighted by atomic mass is 10.1. The number of methoxy groups -OCH3 is 1. The normalized spacial score (nSPS) is 18.3. The van der Waals surface area contributed by atoms with Gasteiger partial charge in [0, 0.05) is 12.1 Å². The zero-order valence-electron chi connectivity index (χ0n) is 11.8. The highest BCUT2D eigenvalue weighted by molar-refractivity contribution is 5.40. The van der Waals surface area contributed by atoms with Crippen molar-refractivity contribution in [2.45, 2.75) is 38.8 Å². The van der Waals surface area contributed by atoms with E-state index in [0.29, 0.717) is 0 Å². The average molecular weight is 261 g/mol. The minimum Gasteiger partial charge on any atom is -0.497 e. The Hall–Kier alpha value is -1.48. The molecule has 19 heavy (non-hydrogen) atoms. The summed E-state index contributed by atoms with van der Waals surface area (Å²) >= 11 is 0. The quantitative estimate of drug-likeness (QED) is 0.797. The van der Waals surface area contributed by atoms with Gasteiger partial charge in [-0.3, -0.25) is 0 Å². The standard InChI is InChI=1S/C16H23NO2/c1-3-17-12-13-11-15(18-2)9-10-16(13)19-14-7-5-4-6-8-14/h5,7,9-11,14,17H,3-4,6,8,12H2,1-2H3. The summed E-state index contributed by atoms with van der Waals surface area (Å²) in [6, 6.07) is 6.01. The van der Waals surface area contributed by atoms with Crippen molar-refractivity contribution in [1.29, 1.82) is 0 Å². The van der Waals surface area contributed by atoms with Crippen LogP contribution in [-0.4, -0.2) is 19.8 Å². The van der Waals surface area contributed by atoms with Gasteiger partial charge in [0.1, 0.15) is 17.6 Å². The first-order chi connectivity index (χ1) is 9.33. The zero-order chi connectivity index (χ0) is 13.5. The lowest BCUT2D eigenvalue weighted by Gasteiger charge is -2.21. The summed E-state index contributed by atoms with van der Waals surface area (Å²) in [5, 5.41) is 3.34. The monoisotopic (exact) mass is 261 g/mol. The first-order valence-electron chi connectivity index (χ1n) is 7.04. The van der Waals surface area contributed by atoms with Gasteiger partial charge in [-0.05, 0) is 50.1 Å². The number of hydrogen-bond donors (Lipinski definition) is 1. The summed E-state index contributed by atoms with van der Waals surface area (Å²) in [5.74, 6) is 1.83. The Kier molecular flexibility index (Phi) is 5.28. The highest BCUT2D eigenvalue weighted by Gasteiger charge is 2.13. The number of benzene rings is 1. The highest BCUT2D eigenvalue weighted by atomic mass is 16.5. The molecule has 0 saturated carbocycles. The van der Waals surface area contributed by atoms with E-state index in [4.69, 9.17) is 9.47 Å². The average Bonchev–Trinajstić information content (AvgIpc) is 2.47. The van der Waals surface area contributed by atoms with Crippen LogP contribution >= 0.6 is 0 Å². The molecule has 1 aromatic carbocycles. The van der Waals surface area contributed by atoms with Gasteiger partial charge in [0.25, 0.3) is 0 Å². The molecule has 0 saturated heterocycles. The van der Waals surface area contributed by atoms with Gasteiger partial charge in [-0.25, -0.2) is 0 Å². The van der Waals surface area contributed by atoms with Crippen LogP contribution in [0.4, 0.5) is 0 Å². The van der Waals surface area contributed by atoms with Crippen molar-refractivity contribution < 1.29 is 9.47 Å². The second-order valence-electron chi connectivity index (χ2n) is 4.77. The SMILES string of the molecule is CCNCc1cc(OC)ccc1OC1C=CCCC1. The number of ether oxygens (including phenoxy) is 2. The van der Waals surface area contributed by atoms with Crippen LogP contribution in [0.25, 0.3) is 0 Å². The van der Waals surface area contributed by atoms with Crippen molar-refractivity contribution in [3.8, 4) is 11.5 Å². The molecule has 104 valence electrons. The molecule has 0 heterocycles. The first-order valence-corrected chi connectivity index (χ1v) is 7.04. The predicted octanol–water partition coefficient (Wildman–Crippen LogP) is 3.29. The van der Waals surface area contributed by atoms with Gasteiger partial charge >= 0.3 is 0 Å². The second kappa shape index (κ2) is 7.19. The van der Waals surface area contributed by atoms with Crippen LogP contribution in [0.5, 0.6) is 11.5 Å². The Morgan fingerprint density at radius 3 is 2.95 bits per heavy atom. The molecule has 1 aliphatic carbocycles. The molecule has 0 fully saturated rings. The fourth-order valence-corrected chi connectivity index (χ4v) is 2.24. The molecule has 0 bridgehead atoms. The smallest absolute Gasteiger partial charge is 0.124 e. The van der Waals surface area contributed by atoms with Gasteiger partial charge in [-0.1, -0.05) is 13.0 Å². The van der Waals surface area contributed by atoms with Crippen molar-refractivity contribution in [2.75, 3.05) is 13.7 Å². The molecular formula is C16H23NO2.